The van der Waals surface area contributed by atoms with E-state index in [0.717, 1.165) is 17.0 Å². The van der Waals surface area contributed by atoms with Crippen molar-refractivity contribution in [1.29, 1.82) is 0 Å². The highest BCUT2D eigenvalue weighted by atomic mass is 16.5. The van der Waals surface area contributed by atoms with Crippen LogP contribution in [-0.2, 0) is 6.54 Å². The van der Waals surface area contributed by atoms with Crippen LogP contribution in [0.15, 0.2) is 35.4 Å². The summed E-state index contributed by atoms with van der Waals surface area (Å²) in [5.74, 6) is 1.25. The molecule has 0 saturated heterocycles. The second kappa shape index (κ2) is 6.01. The predicted molar refractivity (Wildman–Crippen MR) is 73.6 cm³/mol. The molecule has 0 radical (unpaired) electrons. The summed E-state index contributed by atoms with van der Waals surface area (Å²) in [6.45, 7) is 2.90. The van der Waals surface area contributed by atoms with Crippen LogP contribution in [0, 0.1) is 0 Å². The number of hydrogen-bond acceptors (Lipinski definition) is 5. The summed E-state index contributed by atoms with van der Waals surface area (Å²) in [5.41, 5.74) is 7.19. The highest BCUT2D eigenvalue weighted by molar-refractivity contribution is 5.58. The Hall–Kier alpha value is -2.34. The van der Waals surface area contributed by atoms with E-state index in [2.05, 4.69) is 15.3 Å². The number of nitrogens with two attached hydrogens (primary N) is 1. The van der Waals surface area contributed by atoms with Gasteiger partial charge in [-0.2, -0.15) is 0 Å². The maximum absolute atomic E-state index is 11.2. The van der Waals surface area contributed by atoms with Gasteiger partial charge < -0.3 is 20.8 Å². The van der Waals surface area contributed by atoms with Gasteiger partial charge in [0.15, 0.2) is 0 Å². The average molecular weight is 260 g/mol. The molecular weight excluding hydrogens is 244 g/mol. The van der Waals surface area contributed by atoms with Gasteiger partial charge in [-0.1, -0.05) is 0 Å². The van der Waals surface area contributed by atoms with E-state index < -0.39 is 0 Å². The van der Waals surface area contributed by atoms with Gasteiger partial charge in [0.1, 0.15) is 11.6 Å². The molecule has 2 rings (SSSR count). The summed E-state index contributed by atoms with van der Waals surface area (Å²) in [7, 11) is 0. The number of aromatic nitrogens is 2. The lowest BCUT2D eigenvalue weighted by Crippen LogP contribution is -2.07. The molecule has 0 fully saturated rings. The fourth-order valence-corrected chi connectivity index (χ4v) is 1.70. The van der Waals surface area contributed by atoms with Gasteiger partial charge >= 0.3 is 0 Å². The zero-order valence-electron chi connectivity index (χ0n) is 10.6. The number of hydrogen-bond donors (Lipinski definition) is 3. The molecule has 1 aromatic carbocycles. The highest BCUT2D eigenvalue weighted by Crippen LogP contribution is 2.24. The summed E-state index contributed by atoms with van der Waals surface area (Å²) in [4.78, 5) is 17.6. The molecule has 0 aliphatic heterocycles. The van der Waals surface area contributed by atoms with Crippen molar-refractivity contribution in [3.05, 3.63) is 46.5 Å². The number of nitrogens with one attached hydrogen (secondary N) is 2. The van der Waals surface area contributed by atoms with Crippen LogP contribution in [0.3, 0.4) is 0 Å². The Balaban J connectivity index is 2.24. The Labute approximate surface area is 110 Å². The zero-order valence-corrected chi connectivity index (χ0v) is 10.6. The average Bonchev–Trinajstić information content (AvgIpc) is 2.41. The number of nitrogens with zero attached hydrogens (tertiary/aromatic N) is 1. The van der Waals surface area contributed by atoms with Gasteiger partial charge in [0.25, 0.3) is 5.56 Å². The quantitative estimate of drug-likeness (QED) is 0.755. The lowest BCUT2D eigenvalue weighted by atomic mass is 10.1. The van der Waals surface area contributed by atoms with Crippen molar-refractivity contribution in [3.63, 3.8) is 0 Å². The van der Waals surface area contributed by atoms with Gasteiger partial charge in [-0.05, 0) is 25.1 Å². The molecule has 0 spiro atoms. The van der Waals surface area contributed by atoms with Crippen molar-refractivity contribution in [2.24, 2.45) is 5.73 Å². The molecule has 0 bridgehead atoms. The second-order valence-electron chi connectivity index (χ2n) is 3.88. The standard InChI is InChI=1S/C13H16N4O2/c1-2-19-11-4-3-10(5-9(11)7-14)17-12-6-13(18)16-8-15-12/h3-6,8H,2,7,14H2,1H3,(H2,15,16,17,18). The number of rotatable bonds is 5. The third kappa shape index (κ3) is 3.32. The molecule has 6 nitrogen and oxygen atoms in total. The Bertz CT molecular complexity index is 610. The van der Waals surface area contributed by atoms with E-state index in [9.17, 15) is 4.79 Å². The minimum atomic E-state index is -0.206. The lowest BCUT2D eigenvalue weighted by Gasteiger charge is -2.11. The van der Waals surface area contributed by atoms with Gasteiger partial charge in [-0.3, -0.25) is 4.79 Å². The van der Waals surface area contributed by atoms with Crippen LogP contribution < -0.4 is 21.3 Å². The summed E-state index contributed by atoms with van der Waals surface area (Å²) < 4.78 is 5.47. The Morgan fingerprint density at radius 3 is 2.95 bits per heavy atom. The molecule has 1 aromatic heterocycles. The van der Waals surface area contributed by atoms with Crippen LogP contribution in [-0.4, -0.2) is 16.6 Å². The number of anilines is 2. The van der Waals surface area contributed by atoms with E-state index in [1.807, 2.05) is 25.1 Å². The molecular formula is C13H16N4O2. The first-order valence-electron chi connectivity index (χ1n) is 6.00. The minimum Gasteiger partial charge on any atom is -0.494 e. The van der Waals surface area contributed by atoms with Crippen molar-refractivity contribution < 1.29 is 4.74 Å². The van der Waals surface area contributed by atoms with Gasteiger partial charge in [0.2, 0.25) is 0 Å². The van der Waals surface area contributed by atoms with Crippen molar-refractivity contribution in [2.45, 2.75) is 13.5 Å². The van der Waals surface area contributed by atoms with Crippen molar-refractivity contribution >= 4 is 11.5 Å². The van der Waals surface area contributed by atoms with Crippen LogP contribution in [0.2, 0.25) is 0 Å². The molecule has 100 valence electrons. The molecule has 4 N–H and O–H groups in total. The molecule has 0 amide bonds. The van der Waals surface area contributed by atoms with Crippen LogP contribution >= 0.6 is 0 Å². The van der Waals surface area contributed by atoms with E-state index in [1.54, 1.807) is 0 Å². The van der Waals surface area contributed by atoms with Crippen LogP contribution in [0.1, 0.15) is 12.5 Å². The predicted octanol–water partition coefficient (Wildman–Crippen LogP) is 1.37. The topological polar surface area (TPSA) is 93.0 Å². The number of H-pyrrole nitrogens is 1. The third-order valence-electron chi connectivity index (χ3n) is 2.53. The monoisotopic (exact) mass is 260 g/mol. The van der Waals surface area contributed by atoms with Gasteiger partial charge in [0.05, 0.1) is 12.9 Å². The largest absolute Gasteiger partial charge is 0.494 e. The summed E-state index contributed by atoms with van der Waals surface area (Å²) in [6.07, 6.45) is 1.35. The molecule has 0 saturated carbocycles. The van der Waals surface area contributed by atoms with Crippen LogP contribution in [0.5, 0.6) is 5.75 Å². The van der Waals surface area contributed by atoms with E-state index >= 15 is 0 Å². The van der Waals surface area contributed by atoms with E-state index in [0.29, 0.717) is 19.0 Å². The summed E-state index contributed by atoms with van der Waals surface area (Å²) >= 11 is 0. The third-order valence-corrected chi connectivity index (χ3v) is 2.53. The van der Waals surface area contributed by atoms with Gasteiger partial charge in [-0.25, -0.2) is 4.98 Å². The molecule has 0 atom stereocenters. The molecule has 0 aliphatic rings. The summed E-state index contributed by atoms with van der Waals surface area (Å²) in [5, 5.41) is 3.05. The van der Waals surface area contributed by atoms with Gasteiger partial charge in [0, 0.05) is 23.9 Å². The first-order chi connectivity index (χ1) is 9.22. The van der Waals surface area contributed by atoms with Gasteiger partial charge in [-0.15, -0.1) is 0 Å². The smallest absolute Gasteiger partial charge is 0.252 e. The van der Waals surface area contributed by atoms with Crippen molar-refractivity contribution in [3.8, 4) is 5.75 Å². The molecule has 6 heteroatoms. The van der Waals surface area contributed by atoms with E-state index in [4.69, 9.17) is 10.5 Å². The molecule has 1 heterocycles. The molecule has 0 unspecified atom stereocenters. The lowest BCUT2D eigenvalue weighted by molar-refractivity contribution is 0.336. The van der Waals surface area contributed by atoms with Crippen LogP contribution in [0.4, 0.5) is 11.5 Å². The number of benzene rings is 1. The first kappa shape index (κ1) is 13.1. The van der Waals surface area contributed by atoms with Crippen molar-refractivity contribution in [1.82, 2.24) is 9.97 Å². The highest BCUT2D eigenvalue weighted by Gasteiger charge is 2.04. The second-order valence-corrected chi connectivity index (χ2v) is 3.88. The summed E-state index contributed by atoms with van der Waals surface area (Å²) in [6, 6.07) is 6.97. The minimum absolute atomic E-state index is 0.206. The normalized spacial score (nSPS) is 10.2. The fourth-order valence-electron chi connectivity index (χ4n) is 1.70. The fraction of sp³-hybridized carbons (Fsp3) is 0.231. The Morgan fingerprint density at radius 2 is 2.26 bits per heavy atom. The Morgan fingerprint density at radius 1 is 1.42 bits per heavy atom. The maximum Gasteiger partial charge on any atom is 0.252 e. The molecule has 0 aliphatic carbocycles. The van der Waals surface area contributed by atoms with E-state index in [1.165, 1.54) is 12.4 Å². The van der Waals surface area contributed by atoms with Crippen LogP contribution in [0.25, 0.3) is 0 Å². The Kier molecular flexibility index (Phi) is 4.15. The van der Waals surface area contributed by atoms with E-state index in [-0.39, 0.29) is 5.56 Å². The SMILES string of the molecule is CCOc1ccc(Nc2cc(=O)[nH]cn2)cc1CN. The maximum atomic E-state index is 11.2. The first-order valence-corrected chi connectivity index (χ1v) is 6.00. The number of ether oxygens (including phenoxy) is 1. The van der Waals surface area contributed by atoms with Crippen molar-refractivity contribution in [2.75, 3.05) is 11.9 Å². The molecule has 2 aromatic rings. The zero-order chi connectivity index (χ0) is 13.7. The number of aromatic amines is 1. The molecule has 19 heavy (non-hydrogen) atoms.